The second-order valence-corrected chi connectivity index (χ2v) is 2.28. The van der Waals surface area contributed by atoms with Crippen molar-refractivity contribution in [3.8, 4) is 0 Å². The fourth-order valence-corrected chi connectivity index (χ4v) is 0.761. The third-order valence-electron chi connectivity index (χ3n) is 1.16. The van der Waals surface area contributed by atoms with Gasteiger partial charge in [0, 0.05) is 12.5 Å². The van der Waals surface area contributed by atoms with Crippen LogP contribution in [0.15, 0.2) is 17.2 Å². The van der Waals surface area contributed by atoms with Gasteiger partial charge >= 0.3 is 0 Å². The first-order valence-corrected chi connectivity index (χ1v) is 3.21. The first-order valence-electron chi connectivity index (χ1n) is 3.21. The highest BCUT2D eigenvalue weighted by Crippen LogP contribution is 1.89. The summed E-state index contributed by atoms with van der Waals surface area (Å²) in [6.45, 7) is 1.46. The average molecular weight is 152 g/mol. The predicted octanol–water partition coefficient (Wildman–Crippen LogP) is -0.0986. The molecule has 0 saturated heterocycles. The molecule has 0 aliphatic heterocycles. The Hall–Kier alpha value is -1.45. The quantitative estimate of drug-likeness (QED) is 0.643. The second-order valence-electron chi connectivity index (χ2n) is 2.28. The highest BCUT2D eigenvalue weighted by atomic mass is 16.1. The predicted molar refractivity (Wildman–Crippen MR) is 39.2 cm³/mol. The Morgan fingerprint density at radius 1 is 1.73 bits per heavy atom. The van der Waals surface area contributed by atoms with Crippen LogP contribution in [0.2, 0.25) is 0 Å². The van der Waals surface area contributed by atoms with Crippen molar-refractivity contribution in [2.24, 2.45) is 0 Å². The molecule has 0 unspecified atom stereocenters. The summed E-state index contributed by atoms with van der Waals surface area (Å²) in [6.07, 6.45) is 1.52. The Bertz CT molecular complexity index is 316. The zero-order chi connectivity index (χ0) is 8.27. The number of carbonyl (C=O) groups is 1. The van der Waals surface area contributed by atoms with Crippen LogP contribution in [0.25, 0.3) is 0 Å². The van der Waals surface area contributed by atoms with Crippen LogP contribution >= 0.6 is 0 Å². The molecule has 0 saturated carbocycles. The number of carbonyl (C=O) groups excluding carboxylic acids is 1. The minimum atomic E-state index is -0.226. The monoisotopic (exact) mass is 152 g/mol. The van der Waals surface area contributed by atoms with E-state index in [-0.39, 0.29) is 17.8 Å². The van der Waals surface area contributed by atoms with Gasteiger partial charge in [-0.25, -0.2) is 4.98 Å². The van der Waals surface area contributed by atoms with E-state index in [1.165, 1.54) is 19.3 Å². The normalized spacial score (nSPS) is 9.55. The van der Waals surface area contributed by atoms with Crippen molar-refractivity contribution in [3.63, 3.8) is 0 Å². The van der Waals surface area contributed by atoms with E-state index in [9.17, 15) is 9.59 Å². The molecule has 1 rings (SSSR count). The number of nitrogens with zero attached hydrogens (tertiary/aromatic N) is 1. The van der Waals surface area contributed by atoms with Crippen LogP contribution in [0.3, 0.4) is 0 Å². The van der Waals surface area contributed by atoms with Crippen molar-refractivity contribution < 1.29 is 4.79 Å². The minimum absolute atomic E-state index is 0.00287. The number of nitrogens with one attached hydrogen (secondary N) is 1. The summed E-state index contributed by atoms with van der Waals surface area (Å²) < 4.78 is 0. The van der Waals surface area contributed by atoms with Crippen LogP contribution in [0.5, 0.6) is 0 Å². The van der Waals surface area contributed by atoms with E-state index in [0.29, 0.717) is 5.69 Å². The van der Waals surface area contributed by atoms with Crippen molar-refractivity contribution in [2.75, 3.05) is 0 Å². The first-order chi connectivity index (χ1) is 5.18. The Morgan fingerprint density at radius 3 is 3.00 bits per heavy atom. The van der Waals surface area contributed by atoms with Crippen LogP contribution in [0.1, 0.15) is 12.6 Å². The second kappa shape index (κ2) is 3.09. The molecule has 1 aromatic heterocycles. The highest BCUT2D eigenvalue weighted by molar-refractivity contribution is 5.77. The van der Waals surface area contributed by atoms with Crippen molar-refractivity contribution in [1.29, 1.82) is 0 Å². The fourth-order valence-electron chi connectivity index (χ4n) is 0.761. The molecule has 0 spiro atoms. The zero-order valence-corrected chi connectivity index (χ0v) is 6.13. The molecule has 0 bridgehead atoms. The van der Waals surface area contributed by atoms with E-state index in [4.69, 9.17) is 0 Å². The SMILES string of the molecule is CC(=O)Cc1cc(=O)[nH]cn1. The van der Waals surface area contributed by atoms with Gasteiger partial charge in [-0.15, -0.1) is 0 Å². The van der Waals surface area contributed by atoms with Crippen LogP contribution in [-0.4, -0.2) is 15.8 Å². The van der Waals surface area contributed by atoms with Gasteiger partial charge in [0.25, 0.3) is 5.56 Å². The van der Waals surface area contributed by atoms with Gasteiger partial charge < -0.3 is 4.98 Å². The summed E-state index contributed by atoms with van der Waals surface area (Å²) in [4.78, 5) is 27.4. The number of H-pyrrole nitrogens is 1. The molecule has 0 fully saturated rings. The Kier molecular flexibility index (Phi) is 2.15. The number of rotatable bonds is 2. The van der Waals surface area contributed by atoms with Gasteiger partial charge in [-0.2, -0.15) is 0 Å². The largest absolute Gasteiger partial charge is 0.313 e. The third-order valence-corrected chi connectivity index (χ3v) is 1.16. The smallest absolute Gasteiger partial charge is 0.250 e. The molecule has 0 aromatic carbocycles. The number of ketones is 1. The minimum Gasteiger partial charge on any atom is -0.313 e. The summed E-state index contributed by atoms with van der Waals surface area (Å²) in [5.41, 5.74) is 0.289. The molecule has 0 radical (unpaired) electrons. The molecule has 1 heterocycles. The molecular formula is C7H8N2O2. The first kappa shape index (κ1) is 7.65. The fraction of sp³-hybridized carbons (Fsp3) is 0.286. The molecule has 1 N–H and O–H groups in total. The number of aromatic amines is 1. The lowest BCUT2D eigenvalue weighted by atomic mass is 10.2. The summed E-state index contributed by atoms with van der Waals surface area (Å²) in [7, 11) is 0. The lowest BCUT2D eigenvalue weighted by Gasteiger charge is -1.92. The third kappa shape index (κ3) is 2.33. The van der Waals surface area contributed by atoms with Gasteiger partial charge in [-0.3, -0.25) is 9.59 Å². The molecule has 0 atom stereocenters. The highest BCUT2D eigenvalue weighted by Gasteiger charge is 1.97. The van der Waals surface area contributed by atoms with Gasteiger partial charge in [-0.05, 0) is 6.92 Å². The van der Waals surface area contributed by atoms with Crippen LogP contribution < -0.4 is 5.56 Å². The Balaban J connectivity index is 2.88. The van der Waals surface area contributed by atoms with E-state index in [1.54, 1.807) is 0 Å². The van der Waals surface area contributed by atoms with Crippen molar-refractivity contribution in [3.05, 3.63) is 28.4 Å². The van der Waals surface area contributed by atoms with Crippen molar-refractivity contribution >= 4 is 5.78 Å². The summed E-state index contributed by atoms with van der Waals surface area (Å²) in [6, 6.07) is 1.32. The van der Waals surface area contributed by atoms with E-state index < -0.39 is 0 Å². The number of aromatic nitrogens is 2. The van der Waals surface area contributed by atoms with Crippen molar-refractivity contribution in [2.45, 2.75) is 13.3 Å². The standard InChI is InChI=1S/C7H8N2O2/c1-5(10)2-6-3-7(11)9-4-8-6/h3-4H,2H2,1H3,(H,8,9,11). The number of hydrogen-bond donors (Lipinski definition) is 1. The molecular weight excluding hydrogens is 144 g/mol. The summed E-state index contributed by atoms with van der Waals surface area (Å²) >= 11 is 0. The maximum absolute atomic E-state index is 10.7. The molecule has 4 nitrogen and oxygen atoms in total. The molecule has 58 valence electrons. The molecule has 1 aromatic rings. The lowest BCUT2D eigenvalue weighted by Crippen LogP contribution is -2.08. The molecule has 11 heavy (non-hydrogen) atoms. The van der Waals surface area contributed by atoms with Crippen LogP contribution in [-0.2, 0) is 11.2 Å². The molecule has 0 amide bonds. The van der Waals surface area contributed by atoms with Gasteiger partial charge in [0.15, 0.2) is 0 Å². The maximum Gasteiger partial charge on any atom is 0.250 e. The van der Waals surface area contributed by atoms with Crippen LogP contribution in [0.4, 0.5) is 0 Å². The van der Waals surface area contributed by atoms with E-state index in [1.807, 2.05) is 0 Å². The summed E-state index contributed by atoms with van der Waals surface area (Å²) in [5.74, 6) is 0.00287. The average Bonchev–Trinajstić information content (AvgIpc) is 1.85. The topological polar surface area (TPSA) is 62.8 Å². The van der Waals surface area contributed by atoms with E-state index in [2.05, 4.69) is 9.97 Å². The number of hydrogen-bond acceptors (Lipinski definition) is 3. The zero-order valence-electron chi connectivity index (χ0n) is 6.13. The molecule has 4 heteroatoms. The Labute approximate surface area is 63.3 Å². The Morgan fingerprint density at radius 2 is 2.45 bits per heavy atom. The van der Waals surface area contributed by atoms with Crippen LogP contribution in [0, 0.1) is 0 Å². The van der Waals surface area contributed by atoms with E-state index >= 15 is 0 Å². The molecule has 0 aliphatic carbocycles. The van der Waals surface area contributed by atoms with Gasteiger partial charge in [-0.1, -0.05) is 0 Å². The molecule has 0 aliphatic rings. The maximum atomic E-state index is 10.7. The lowest BCUT2D eigenvalue weighted by molar-refractivity contribution is -0.116. The summed E-state index contributed by atoms with van der Waals surface area (Å²) in [5, 5.41) is 0. The number of Topliss-reactive ketones (excluding diaryl/α,β-unsaturated/α-hetero) is 1. The van der Waals surface area contributed by atoms with Gasteiger partial charge in [0.05, 0.1) is 12.0 Å². The van der Waals surface area contributed by atoms with E-state index in [0.717, 1.165) is 0 Å². The van der Waals surface area contributed by atoms with Crippen molar-refractivity contribution in [1.82, 2.24) is 9.97 Å². The van der Waals surface area contributed by atoms with Gasteiger partial charge in [0.1, 0.15) is 5.78 Å². The van der Waals surface area contributed by atoms with Gasteiger partial charge in [0.2, 0.25) is 0 Å².